The van der Waals surface area contributed by atoms with E-state index in [1.807, 2.05) is 24.3 Å². The van der Waals surface area contributed by atoms with Crippen LogP contribution in [0.15, 0.2) is 42.7 Å². The Morgan fingerprint density at radius 1 is 1.17 bits per heavy atom. The van der Waals surface area contributed by atoms with Crippen molar-refractivity contribution < 1.29 is 4.74 Å². The number of hydrogen-bond donors (Lipinski definition) is 1. The van der Waals surface area contributed by atoms with E-state index >= 15 is 0 Å². The maximum Gasteiger partial charge on any atom is 0.141 e. The lowest BCUT2D eigenvalue weighted by atomic mass is 10.0. The average molecular weight is 241 g/mol. The summed E-state index contributed by atoms with van der Waals surface area (Å²) >= 11 is 0. The second-order valence-corrected chi connectivity index (χ2v) is 4.27. The summed E-state index contributed by atoms with van der Waals surface area (Å²) < 4.78 is 5.63. The molecule has 0 aliphatic carbocycles. The second-order valence-electron chi connectivity index (χ2n) is 4.27. The van der Waals surface area contributed by atoms with Crippen LogP contribution >= 0.6 is 0 Å². The van der Waals surface area contributed by atoms with Crippen molar-refractivity contribution in [2.75, 3.05) is 6.61 Å². The highest BCUT2D eigenvalue weighted by atomic mass is 16.5. The Morgan fingerprint density at radius 3 is 2.89 bits per heavy atom. The molecule has 1 unspecified atom stereocenters. The molecule has 4 nitrogen and oxygen atoms in total. The Morgan fingerprint density at radius 2 is 2.00 bits per heavy atom. The number of nitrogens with zero attached hydrogens (tertiary/aromatic N) is 2. The van der Waals surface area contributed by atoms with E-state index in [4.69, 9.17) is 4.74 Å². The van der Waals surface area contributed by atoms with Gasteiger partial charge in [0.1, 0.15) is 11.6 Å². The monoisotopic (exact) mass is 241 g/mol. The van der Waals surface area contributed by atoms with Gasteiger partial charge in [0.15, 0.2) is 0 Å². The van der Waals surface area contributed by atoms with Crippen LogP contribution in [0.25, 0.3) is 0 Å². The second kappa shape index (κ2) is 5.14. The first-order valence-electron chi connectivity index (χ1n) is 6.14. The van der Waals surface area contributed by atoms with Gasteiger partial charge in [-0.05, 0) is 12.1 Å². The summed E-state index contributed by atoms with van der Waals surface area (Å²) in [7, 11) is 0. The standard InChI is InChI=1S/C14H15N3O/c1-2-5-13-11(4-1)12(6-9-18-13)17-10-14-15-7-3-8-16-14/h1-5,7-8,12,17H,6,9-10H2. The third-order valence-electron chi connectivity index (χ3n) is 3.08. The van der Waals surface area contributed by atoms with Crippen molar-refractivity contribution in [2.45, 2.75) is 19.0 Å². The van der Waals surface area contributed by atoms with E-state index in [2.05, 4.69) is 21.4 Å². The third-order valence-corrected chi connectivity index (χ3v) is 3.08. The summed E-state index contributed by atoms with van der Waals surface area (Å²) in [6, 6.07) is 10.3. The number of ether oxygens (including phenoxy) is 1. The zero-order valence-electron chi connectivity index (χ0n) is 10.0. The van der Waals surface area contributed by atoms with Gasteiger partial charge in [0, 0.05) is 30.4 Å². The van der Waals surface area contributed by atoms with Crippen molar-refractivity contribution in [1.29, 1.82) is 0 Å². The molecule has 0 bridgehead atoms. The molecule has 1 aromatic carbocycles. The highest BCUT2D eigenvalue weighted by Crippen LogP contribution is 2.31. The molecule has 92 valence electrons. The minimum Gasteiger partial charge on any atom is -0.493 e. The zero-order valence-corrected chi connectivity index (χ0v) is 10.0. The van der Waals surface area contributed by atoms with Crippen LogP contribution < -0.4 is 10.1 Å². The smallest absolute Gasteiger partial charge is 0.141 e. The van der Waals surface area contributed by atoms with E-state index in [0.29, 0.717) is 12.6 Å². The van der Waals surface area contributed by atoms with E-state index in [0.717, 1.165) is 24.6 Å². The summed E-state index contributed by atoms with van der Waals surface area (Å²) in [5.41, 5.74) is 1.22. The quantitative estimate of drug-likeness (QED) is 0.893. The number of para-hydroxylation sites is 1. The molecule has 1 atom stereocenters. The zero-order chi connectivity index (χ0) is 12.2. The van der Waals surface area contributed by atoms with E-state index in [1.54, 1.807) is 12.4 Å². The Labute approximate surface area is 106 Å². The molecule has 18 heavy (non-hydrogen) atoms. The van der Waals surface area contributed by atoms with Gasteiger partial charge in [0.25, 0.3) is 0 Å². The molecule has 0 spiro atoms. The number of benzene rings is 1. The molecule has 0 radical (unpaired) electrons. The molecule has 1 aliphatic heterocycles. The highest BCUT2D eigenvalue weighted by molar-refractivity contribution is 5.37. The topological polar surface area (TPSA) is 47.0 Å². The van der Waals surface area contributed by atoms with Gasteiger partial charge in [-0.3, -0.25) is 0 Å². The summed E-state index contributed by atoms with van der Waals surface area (Å²) in [4.78, 5) is 8.43. The van der Waals surface area contributed by atoms with Crippen molar-refractivity contribution in [3.05, 3.63) is 54.1 Å². The number of aromatic nitrogens is 2. The molecule has 1 aromatic heterocycles. The van der Waals surface area contributed by atoms with Gasteiger partial charge < -0.3 is 10.1 Å². The van der Waals surface area contributed by atoms with Crippen LogP contribution in [0.1, 0.15) is 23.9 Å². The average Bonchev–Trinajstić information content (AvgIpc) is 2.46. The summed E-state index contributed by atoms with van der Waals surface area (Å²) in [5, 5.41) is 3.49. The number of rotatable bonds is 3. The third kappa shape index (κ3) is 2.33. The molecule has 1 aliphatic rings. The van der Waals surface area contributed by atoms with Crippen molar-refractivity contribution >= 4 is 0 Å². The lowest BCUT2D eigenvalue weighted by molar-refractivity contribution is 0.251. The molecular weight excluding hydrogens is 226 g/mol. The Bertz CT molecular complexity index is 515. The van der Waals surface area contributed by atoms with E-state index in [1.165, 1.54) is 5.56 Å². The van der Waals surface area contributed by atoms with Gasteiger partial charge in [-0.2, -0.15) is 0 Å². The first-order chi connectivity index (χ1) is 8.93. The largest absolute Gasteiger partial charge is 0.493 e. The molecule has 0 saturated carbocycles. The van der Waals surface area contributed by atoms with Crippen LogP contribution in [-0.4, -0.2) is 16.6 Å². The maximum atomic E-state index is 5.63. The van der Waals surface area contributed by atoms with Gasteiger partial charge >= 0.3 is 0 Å². The number of hydrogen-bond acceptors (Lipinski definition) is 4. The van der Waals surface area contributed by atoms with Crippen molar-refractivity contribution in [2.24, 2.45) is 0 Å². The summed E-state index contributed by atoms with van der Waals surface area (Å²) in [5.74, 6) is 1.80. The number of fused-ring (bicyclic) bond motifs is 1. The van der Waals surface area contributed by atoms with Crippen LogP contribution in [0.4, 0.5) is 0 Å². The SMILES string of the molecule is c1cnc(CNC2CCOc3ccccc32)nc1. The summed E-state index contributed by atoms with van der Waals surface area (Å²) in [6.45, 7) is 1.43. The predicted molar refractivity (Wildman–Crippen MR) is 68.2 cm³/mol. The fourth-order valence-electron chi connectivity index (χ4n) is 2.19. The van der Waals surface area contributed by atoms with Crippen LogP contribution in [0.2, 0.25) is 0 Å². The molecule has 2 aromatic rings. The molecule has 0 saturated heterocycles. The van der Waals surface area contributed by atoms with Crippen LogP contribution in [0, 0.1) is 0 Å². The van der Waals surface area contributed by atoms with Crippen LogP contribution in [0.3, 0.4) is 0 Å². The lowest BCUT2D eigenvalue weighted by Gasteiger charge is -2.26. The highest BCUT2D eigenvalue weighted by Gasteiger charge is 2.20. The van der Waals surface area contributed by atoms with Gasteiger partial charge in [0.2, 0.25) is 0 Å². The molecule has 2 heterocycles. The van der Waals surface area contributed by atoms with Gasteiger partial charge in [-0.15, -0.1) is 0 Å². The van der Waals surface area contributed by atoms with Crippen LogP contribution in [0.5, 0.6) is 5.75 Å². The first kappa shape index (κ1) is 11.2. The van der Waals surface area contributed by atoms with Crippen LogP contribution in [-0.2, 0) is 6.54 Å². The van der Waals surface area contributed by atoms with E-state index in [-0.39, 0.29) is 0 Å². The van der Waals surface area contributed by atoms with E-state index in [9.17, 15) is 0 Å². The van der Waals surface area contributed by atoms with E-state index < -0.39 is 0 Å². The fraction of sp³-hybridized carbons (Fsp3) is 0.286. The fourth-order valence-corrected chi connectivity index (χ4v) is 2.19. The molecule has 4 heteroatoms. The lowest BCUT2D eigenvalue weighted by Crippen LogP contribution is -2.27. The van der Waals surface area contributed by atoms with Crippen molar-refractivity contribution in [3.63, 3.8) is 0 Å². The first-order valence-corrected chi connectivity index (χ1v) is 6.14. The summed E-state index contributed by atoms with van der Waals surface area (Å²) in [6.07, 6.45) is 4.51. The minimum absolute atomic E-state index is 0.318. The Kier molecular flexibility index (Phi) is 3.19. The molecule has 0 fully saturated rings. The Hall–Kier alpha value is -1.94. The van der Waals surface area contributed by atoms with Gasteiger partial charge in [-0.1, -0.05) is 18.2 Å². The maximum absolute atomic E-state index is 5.63. The molecule has 1 N–H and O–H groups in total. The molecular formula is C14H15N3O. The van der Waals surface area contributed by atoms with Gasteiger partial charge in [0.05, 0.1) is 13.2 Å². The normalized spacial score (nSPS) is 17.9. The minimum atomic E-state index is 0.318. The molecule has 3 rings (SSSR count). The Balaban J connectivity index is 1.71. The van der Waals surface area contributed by atoms with Gasteiger partial charge in [-0.25, -0.2) is 9.97 Å². The molecule has 0 amide bonds. The van der Waals surface area contributed by atoms with Crippen molar-refractivity contribution in [1.82, 2.24) is 15.3 Å². The van der Waals surface area contributed by atoms with Crippen molar-refractivity contribution in [3.8, 4) is 5.75 Å². The predicted octanol–water partition coefficient (Wildman–Crippen LogP) is 2.09. The number of nitrogens with one attached hydrogen (secondary N) is 1.